The fourth-order valence-electron chi connectivity index (χ4n) is 4.65. The van der Waals surface area contributed by atoms with Crippen LogP contribution in [-0.4, -0.2) is 55.8 Å². The molecule has 0 aliphatic carbocycles. The van der Waals surface area contributed by atoms with E-state index in [0.717, 1.165) is 13.1 Å². The van der Waals surface area contributed by atoms with E-state index in [1.165, 1.54) is 22.9 Å². The van der Waals surface area contributed by atoms with Gasteiger partial charge >= 0.3 is 0 Å². The number of ether oxygens (including phenoxy) is 1. The van der Waals surface area contributed by atoms with E-state index in [1.54, 1.807) is 49.6 Å². The molecule has 0 unspecified atom stereocenters. The lowest BCUT2D eigenvalue weighted by Gasteiger charge is -2.37. The number of carbonyl (C=O) groups is 3. The summed E-state index contributed by atoms with van der Waals surface area (Å²) in [7, 11) is 1.55. The van der Waals surface area contributed by atoms with Gasteiger partial charge in [-0.3, -0.25) is 14.4 Å². The monoisotopic (exact) mass is 508 g/mol. The number of nitrogens with zero attached hydrogens (tertiary/aromatic N) is 4. The standard InChI is InChI=1S/C30H28N4O4/c1-19-5-4-6-27(20(19)2)33-13-15-34(16-14-33)30(37)22-9-12-24-25(17-22)32-29(36)26(31-24)18-28(35)21-7-10-23(38-3)11-8-21/h4-12,17-18H,13-16H2,1-3H3/b26-18-. The first kappa shape index (κ1) is 25.1. The molecule has 0 N–H and O–H groups in total. The molecule has 5 rings (SSSR count). The number of carbonyl (C=O) groups excluding carboxylic acids is 3. The van der Waals surface area contributed by atoms with Crippen LogP contribution in [0.5, 0.6) is 5.75 Å². The molecule has 38 heavy (non-hydrogen) atoms. The van der Waals surface area contributed by atoms with Gasteiger partial charge in [-0.15, -0.1) is 0 Å². The van der Waals surface area contributed by atoms with Gasteiger partial charge in [-0.05, 0) is 73.5 Å². The zero-order valence-electron chi connectivity index (χ0n) is 21.6. The maximum atomic E-state index is 13.2. The first-order valence-electron chi connectivity index (χ1n) is 12.5. The summed E-state index contributed by atoms with van der Waals surface area (Å²) >= 11 is 0. The lowest BCUT2D eigenvalue weighted by atomic mass is 10.1. The Morgan fingerprint density at radius 3 is 2.29 bits per heavy atom. The molecule has 0 spiro atoms. The van der Waals surface area contributed by atoms with Crippen LogP contribution in [0.2, 0.25) is 0 Å². The highest BCUT2D eigenvalue weighted by Crippen LogP contribution is 2.24. The predicted octanol–water partition coefficient (Wildman–Crippen LogP) is 2.82. The van der Waals surface area contributed by atoms with Crippen LogP contribution in [0.15, 0.2) is 82.4 Å². The molecule has 2 heterocycles. The van der Waals surface area contributed by atoms with Gasteiger partial charge in [0, 0.05) is 49.1 Å². The third-order valence-corrected chi connectivity index (χ3v) is 7.03. The Balaban J connectivity index is 1.31. The third-order valence-electron chi connectivity index (χ3n) is 7.03. The van der Waals surface area contributed by atoms with Gasteiger partial charge < -0.3 is 14.5 Å². The maximum absolute atomic E-state index is 13.2. The highest BCUT2D eigenvalue weighted by atomic mass is 16.5. The number of rotatable bonds is 5. The lowest BCUT2D eigenvalue weighted by molar-refractivity contribution is -0.114. The van der Waals surface area contributed by atoms with E-state index >= 15 is 0 Å². The van der Waals surface area contributed by atoms with Gasteiger partial charge in [0.2, 0.25) is 0 Å². The van der Waals surface area contributed by atoms with Crippen LogP contribution in [0.3, 0.4) is 0 Å². The molecule has 8 nitrogen and oxygen atoms in total. The van der Waals surface area contributed by atoms with E-state index in [1.807, 2.05) is 4.90 Å². The van der Waals surface area contributed by atoms with Crippen molar-refractivity contribution in [3.8, 4) is 5.75 Å². The zero-order chi connectivity index (χ0) is 26.8. The van der Waals surface area contributed by atoms with Gasteiger partial charge in [-0.1, -0.05) is 12.1 Å². The van der Waals surface area contributed by atoms with Crippen molar-refractivity contribution in [1.82, 2.24) is 4.90 Å². The van der Waals surface area contributed by atoms with Crippen molar-refractivity contribution in [3.05, 3.63) is 105 Å². The van der Waals surface area contributed by atoms with Gasteiger partial charge in [-0.2, -0.15) is 0 Å². The Hall–Kier alpha value is -4.59. The van der Waals surface area contributed by atoms with E-state index in [0.29, 0.717) is 40.7 Å². The molecular weight excluding hydrogens is 480 g/mol. The molecule has 3 aromatic carbocycles. The van der Waals surface area contributed by atoms with Crippen LogP contribution in [0.4, 0.5) is 5.69 Å². The van der Waals surface area contributed by atoms with Crippen molar-refractivity contribution in [3.63, 3.8) is 0 Å². The minimum Gasteiger partial charge on any atom is -0.497 e. The number of amides is 2. The lowest BCUT2D eigenvalue weighted by Crippen LogP contribution is -2.49. The topological polar surface area (TPSA) is 91.6 Å². The van der Waals surface area contributed by atoms with E-state index < -0.39 is 5.91 Å². The van der Waals surface area contributed by atoms with Crippen LogP contribution >= 0.6 is 0 Å². The van der Waals surface area contributed by atoms with Crippen molar-refractivity contribution in [2.45, 2.75) is 13.8 Å². The third kappa shape index (κ3) is 4.98. The molecule has 0 saturated carbocycles. The number of fused-ring (bicyclic) bond motifs is 1. The number of hydrogen-bond donors (Lipinski definition) is 0. The highest BCUT2D eigenvalue weighted by Gasteiger charge is 2.24. The molecule has 2 amide bonds. The van der Waals surface area contributed by atoms with Crippen molar-refractivity contribution in [1.29, 1.82) is 0 Å². The van der Waals surface area contributed by atoms with Crippen LogP contribution in [0.25, 0.3) is 0 Å². The van der Waals surface area contributed by atoms with Gasteiger partial charge in [-0.25, -0.2) is 9.98 Å². The van der Waals surface area contributed by atoms with Crippen LogP contribution in [0.1, 0.15) is 31.8 Å². The summed E-state index contributed by atoms with van der Waals surface area (Å²) in [5, 5.41) is 0.763. The summed E-state index contributed by atoms with van der Waals surface area (Å²) in [5.41, 5.74) is 4.54. The Kier molecular flexibility index (Phi) is 6.87. The Morgan fingerprint density at radius 1 is 0.868 bits per heavy atom. The van der Waals surface area contributed by atoms with Crippen LogP contribution < -0.4 is 20.4 Å². The van der Waals surface area contributed by atoms with Crippen LogP contribution in [0, 0.1) is 13.8 Å². The average Bonchev–Trinajstić information content (AvgIpc) is 2.94. The maximum Gasteiger partial charge on any atom is 0.296 e. The largest absolute Gasteiger partial charge is 0.497 e. The number of hydrogen-bond acceptors (Lipinski definition) is 6. The molecule has 192 valence electrons. The van der Waals surface area contributed by atoms with Crippen molar-refractivity contribution < 1.29 is 19.1 Å². The Labute approximate surface area is 220 Å². The number of piperazine rings is 1. The average molecular weight is 509 g/mol. The molecule has 0 bridgehead atoms. The van der Waals surface area contributed by atoms with Gasteiger partial charge in [0.25, 0.3) is 11.8 Å². The molecule has 0 radical (unpaired) electrons. The first-order valence-corrected chi connectivity index (χ1v) is 12.5. The van der Waals surface area contributed by atoms with Crippen LogP contribution in [-0.2, 0) is 4.79 Å². The number of benzene rings is 3. The zero-order valence-corrected chi connectivity index (χ0v) is 21.6. The molecule has 0 atom stereocenters. The second-order valence-corrected chi connectivity index (χ2v) is 9.35. The smallest absolute Gasteiger partial charge is 0.296 e. The molecule has 3 aromatic rings. The molecule has 2 aliphatic rings. The summed E-state index contributed by atoms with van der Waals surface area (Å²) in [5.74, 6) is -0.450. The molecule has 2 aliphatic heterocycles. The number of ketones is 1. The summed E-state index contributed by atoms with van der Waals surface area (Å²) in [4.78, 5) is 51.1. The van der Waals surface area contributed by atoms with E-state index in [2.05, 4.69) is 46.9 Å². The SMILES string of the molecule is COc1ccc(C(=O)/C=C2\N=c3ccc(C(=O)N4CCN(c5cccc(C)c5C)CC4)cc3=NC2=O)cc1. The second-order valence-electron chi connectivity index (χ2n) is 9.35. The van der Waals surface area contributed by atoms with E-state index in [9.17, 15) is 14.4 Å². The van der Waals surface area contributed by atoms with E-state index in [4.69, 9.17) is 4.74 Å². The molecule has 0 aromatic heterocycles. The number of allylic oxidation sites excluding steroid dienone is 1. The van der Waals surface area contributed by atoms with Gasteiger partial charge in [0.1, 0.15) is 11.4 Å². The minimum atomic E-state index is -0.619. The van der Waals surface area contributed by atoms with Crippen molar-refractivity contribution >= 4 is 23.3 Å². The highest BCUT2D eigenvalue weighted by molar-refractivity contribution is 6.09. The number of aryl methyl sites for hydroxylation is 1. The Bertz CT molecular complexity index is 1580. The van der Waals surface area contributed by atoms with Gasteiger partial charge in [0.15, 0.2) is 5.78 Å². The normalized spacial score (nSPS) is 16.0. The minimum absolute atomic E-state index is 0.0417. The number of anilines is 1. The summed E-state index contributed by atoms with van der Waals surface area (Å²) < 4.78 is 5.11. The summed E-state index contributed by atoms with van der Waals surface area (Å²) in [6.45, 7) is 6.92. The molecule has 1 fully saturated rings. The van der Waals surface area contributed by atoms with Crippen molar-refractivity contribution in [2.24, 2.45) is 9.98 Å². The van der Waals surface area contributed by atoms with Crippen molar-refractivity contribution in [2.75, 3.05) is 38.2 Å². The quantitative estimate of drug-likeness (QED) is 0.391. The fourth-order valence-corrected chi connectivity index (χ4v) is 4.65. The predicted molar refractivity (Wildman–Crippen MR) is 143 cm³/mol. The first-order chi connectivity index (χ1) is 18.3. The molecule has 8 heteroatoms. The summed E-state index contributed by atoms with van der Waals surface area (Å²) in [6.07, 6.45) is 1.19. The Morgan fingerprint density at radius 2 is 1.58 bits per heavy atom. The molecule has 1 saturated heterocycles. The molecular formula is C30H28N4O4. The summed E-state index contributed by atoms with van der Waals surface area (Å²) in [6, 6.07) is 17.8. The van der Waals surface area contributed by atoms with Gasteiger partial charge in [0.05, 0.1) is 17.8 Å². The fraction of sp³-hybridized carbons (Fsp3) is 0.233. The van der Waals surface area contributed by atoms with E-state index in [-0.39, 0.29) is 17.4 Å². The second kappa shape index (κ2) is 10.4. The number of methoxy groups -OCH3 is 1.